The van der Waals surface area contributed by atoms with Crippen molar-refractivity contribution in [2.75, 3.05) is 26.2 Å². The van der Waals surface area contributed by atoms with E-state index in [1.165, 1.54) is 30.7 Å². The first-order chi connectivity index (χ1) is 9.49. The first kappa shape index (κ1) is 30.9. The molecule has 0 aromatic carbocycles. The summed E-state index contributed by atoms with van der Waals surface area (Å²) in [6.45, 7) is 14.2. The van der Waals surface area contributed by atoms with Gasteiger partial charge in [0.2, 0.25) is 0 Å². The summed E-state index contributed by atoms with van der Waals surface area (Å²) in [6.07, 6.45) is 0. The van der Waals surface area contributed by atoms with Gasteiger partial charge >= 0.3 is 41.7 Å². The van der Waals surface area contributed by atoms with E-state index in [1.54, 1.807) is 0 Å². The molecule has 1 N–H and O–H groups in total. The SMILES string of the molecule is CC[N+](CC)(CC)CC.F[B-](F)(F)F.O=S(=O)(O)C(F)(F)F.[LiH]. The monoisotopic (exact) mass is 375 g/mol. The van der Waals surface area contributed by atoms with E-state index >= 15 is 0 Å². The van der Waals surface area contributed by atoms with Gasteiger partial charge < -0.3 is 21.7 Å². The fraction of sp³-hybridized carbons (Fsp3) is 1.00. The minimum absolute atomic E-state index is 0. The van der Waals surface area contributed by atoms with Gasteiger partial charge in [0, 0.05) is 0 Å². The zero-order valence-electron chi connectivity index (χ0n) is 12.7. The summed E-state index contributed by atoms with van der Waals surface area (Å²) in [7, 11) is -11.8. The molecule has 0 saturated heterocycles. The van der Waals surface area contributed by atoms with Gasteiger partial charge in [0.15, 0.2) is 0 Å². The van der Waals surface area contributed by atoms with E-state index in [9.17, 15) is 30.4 Å². The Bertz CT molecular complexity index is 362. The fourth-order valence-corrected chi connectivity index (χ4v) is 1.34. The second-order valence-corrected chi connectivity index (χ2v) is 5.44. The van der Waals surface area contributed by atoms with E-state index in [-0.39, 0.29) is 18.9 Å². The molecule has 0 aliphatic carbocycles. The molecule has 0 aliphatic rings. The van der Waals surface area contributed by atoms with Gasteiger partial charge in [-0.3, -0.25) is 4.55 Å². The topological polar surface area (TPSA) is 54.4 Å². The third-order valence-corrected chi connectivity index (χ3v) is 3.56. The van der Waals surface area contributed by atoms with Gasteiger partial charge in [0.1, 0.15) is 0 Å². The molecule has 0 fully saturated rings. The number of hydrogen-bond donors (Lipinski definition) is 1. The Morgan fingerprint density at radius 2 is 1.00 bits per heavy atom. The molecule has 0 radical (unpaired) electrons. The van der Waals surface area contributed by atoms with Gasteiger partial charge in [-0.15, -0.1) is 0 Å². The summed E-state index contributed by atoms with van der Waals surface area (Å²) in [5.74, 6) is 0. The summed E-state index contributed by atoms with van der Waals surface area (Å²) in [6, 6.07) is 0. The molecule has 0 rings (SSSR count). The molecule has 23 heavy (non-hydrogen) atoms. The molecule has 14 heteroatoms. The Balaban J connectivity index is -0.000000120. The van der Waals surface area contributed by atoms with Gasteiger partial charge in [-0.1, -0.05) is 0 Å². The standard InChI is InChI=1S/C8H20N.CHF3O3S.BF4.Li.H/c1-5-9(6-2,7-3)8-4;2-1(3,4)8(5,6)7;2-1(3,4)5;;/h5-8H2,1-4H3;(H,5,6,7);;;/q+1;;-1;;. The van der Waals surface area contributed by atoms with Gasteiger partial charge in [0.25, 0.3) is 0 Å². The second-order valence-electron chi connectivity index (χ2n) is 4.02. The molecule has 0 amide bonds. The molecule has 0 unspecified atom stereocenters. The van der Waals surface area contributed by atoms with Crippen molar-refractivity contribution in [1.82, 2.24) is 0 Å². The Kier molecular flexibility index (Phi) is 16.7. The molecule has 4 nitrogen and oxygen atoms in total. The molecule has 0 aliphatic heterocycles. The van der Waals surface area contributed by atoms with Crippen LogP contribution in [-0.4, -0.2) is 75.3 Å². The first-order valence-electron chi connectivity index (χ1n) is 6.25. The molecule has 0 heterocycles. The van der Waals surface area contributed by atoms with Crippen molar-refractivity contribution in [1.29, 1.82) is 0 Å². The summed E-state index contributed by atoms with van der Waals surface area (Å²) in [4.78, 5) is 0. The van der Waals surface area contributed by atoms with Crippen LogP contribution in [-0.2, 0) is 10.1 Å². The number of hydrogen-bond acceptors (Lipinski definition) is 2. The molecule has 0 saturated carbocycles. The van der Waals surface area contributed by atoms with E-state index in [2.05, 4.69) is 27.7 Å². The summed E-state index contributed by atoms with van der Waals surface area (Å²) >= 11 is 0. The van der Waals surface area contributed by atoms with Crippen molar-refractivity contribution < 1.29 is 47.9 Å². The van der Waals surface area contributed by atoms with Crippen LogP contribution in [0.2, 0.25) is 0 Å². The normalized spacial score (nSPS) is 12.2. The van der Waals surface area contributed by atoms with E-state index in [4.69, 9.17) is 13.0 Å². The van der Waals surface area contributed by atoms with Gasteiger partial charge in [-0.2, -0.15) is 21.6 Å². The number of rotatable bonds is 4. The molecular weight excluding hydrogens is 353 g/mol. The zero-order chi connectivity index (χ0) is 18.8. The second kappa shape index (κ2) is 12.4. The molecule has 0 aromatic rings. The van der Waals surface area contributed by atoms with Crippen molar-refractivity contribution >= 4 is 36.2 Å². The van der Waals surface area contributed by atoms with E-state index in [0.29, 0.717) is 0 Å². The molecule has 140 valence electrons. The third kappa shape index (κ3) is 20.0. The fourth-order valence-electron chi connectivity index (χ4n) is 1.34. The Hall–Kier alpha value is 0.0423. The average Bonchev–Trinajstić information content (AvgIpc) is 2.29. The Morgan fingerprint density at radius 1 is 0.870 bits per heavy atom. The van der Waals surface area contributed by atoms with Crippen molar-refractivity contribution in [2.45, 2.75) is 33.2 Å². The third-order valence-electron chi connectivity index (χ3n) is 2.98. The molecule has 0 atom stereocenters. The maximum atomic E-state index is 10.7. The Labute approximate surface area is 144 Å². The molecular formula is C9H22BF7LiNO3S. The van der Waals surface area contributed by atoms with Crippen LogP contribution in [0.15, 0.2) is 0 Å². The van der Waals surface area contributed by atoms with Crippen molar-refractivity contribution in [2.24, 2.45) is 0 Å². The van der Waals surface area contributed by atoms with Crippen LogP contribution in [0.5, 0.6) is 0 Å². The number of halogens is 7. The summed E-state index contributed by atoms with van der Waals surface area (Å²) < 4.78 is 97.8. The van der Waals surface area contributed by atoms with Crippen molar-refractivity contribution in [3.63, 3.8) is 0 Å². The zero-order valence-corrected chi connectivity index (χ0v) is 13.5. The molecule has 0 bridgehead atoms. The van der Waals surface area contributed by atoms with Crippen LogP contribution in [0, 0.1) is 0 Å². The number of quaternary nitrogens is 1. The van der Waals surface area contributed by atoms with Crippen molar-refractivity contribution in [3.05, 3.63) is 0 Å². The van der Waals surface area contributed by atoms with E-state index < -0.39 is 22.9 Å². The van der Waals surface area contributed by atoms with Gasteiger partial charge in [0.05, 0.1) is 26.2 Å². The number of alkyl halides is 3. The van der Waals surface area contributed by atoms with Gasteiger partial charge in [-0.05, 0) is 27.7 Å². The molecule has 0 aromatic heterocycles. The minimum atomic E-state index is -6.00. The van der Waals surface area contributed by atoms with E-state index in [1.807, 2.05) is 0 Å². The van der Waals surface area contributed by atoms with Crippen molar-refractivity contribution in [3.8, 4) is 0 Å². The maximum absolute atomic E-state index is 10.7. The van der Waals surface area contributed by atoms with Crippen LogP contribution in [0.25, 0.3) is 0 Å². The quantitative estimate of drug-likeness (QED) is 0.270. The van der Waals surface area contributed by atoms with Gasteiger partial charge in [-0.25, -0.2) is 0 Å². The van der Waals surface area contributed by atoms with Crippen LogP contribution in [0.3, 0.4) is 0 Å². The number of nitrogens with zero attached hydrogens (tertiary/aromatic N) is 1. The average molecular weight is 375 g/mol. The first-order valence-corrected chi connectivity index (χ1v) is 7.69. The molecule has 0 spiro atoms. The van der Waals surface area contributed by atoms with Crippen LogP contribution in [0.4, 0.5) is 30.4 Å². The van der Waals surface area contributed by atoms with Crippen LogP contribution in [0.1, 0.15) is 27.7 Å². The van der Waals surface area contributed by atoms with Crippen LogP contribution < -0.4 is 0 Å². The predicted octanol–water partition coefficient (Wildman–Crippen LogP) is 2.93. The van der Waals surface area contributed by atoms with Crippen LogP contribution >= 0.6 is 0 Å². The van der Waals surface area contributed by atoms with E-state index in [0.717, 1.165) is 0 Å². The summed E-state index contributed by atoms with van der Waals surface area (Å²) in [5.41, 5.74) is -5.53. The predicted molar refractivity (Wildman–Crippen MR) is 77.4 cm³/mol. The summed E-state index contributed by atoms with van der Waals surface area (Å²) in [5, 5.41) is 0. The Morgan fingerprint density at radius 3 is 1.00 bits per heavy atom.